The van der Waals surface area contributed by atoms with Gasteiger partial charge >= 0.3 is 0 Å². The first kappa shape index (κ1) is 18.7. The second kappa shape index (κ2) is 8.08. The minimum absolute atomic E-state index is 0.151. The van der Waals surface area contributed by atoms with Crippen molar-refractivity contribution in [3.63, 3.8) is 0 Å². The molecule has 3 aromatic rings. The third-order valence-corrected chi connectivity index (χ3v) is 5.81. The number of benzene rings is 2. The van der Waals surface area contributed by atoms with Crippen LogP contribution >= 0.6 is 22.9 Å². The first-order valence-corrected chi connectivity index (χ1v) is 9.50. The van der Waals surface area contributed by atoms with E-state index in [1.165, 1.54) is 4.88 Å². The lowest BCUT2D eigenvalue weighted by Gasteiger charge is -2.13. The van der Waals surface area contributed by atoms with Crippen LogP contribution in [-0.2, 0) is 6.54 Å². The summed E-state index contributed by atoms with van der Waals surface area (Å²) in [4.78, 5) is 5.90. The molecule has 2 aromatic carbocycles. The van der Waals surface area contributed by atoms with Crippen LogP contribution in [-0.4, -0.2) is 17.2 Å². The summed E-state index contributed by atoms with van der Waals surface area (Å²) < 4.78 is 5.08. The van der Waals surface area contributed by atoms with Gasteiger partial charge in [0.1, 0.15) is 5.01 Å². The fourth-order valence-electron chi connectivity index (χ4n) is 2.74. The van der Waals surface area contributed by atoms with Gasteiger partial charge in [-0.1, -0.05) is 29.8 Å². The Hall–Kier alpha value is -2.08. The molecule has 2 N–H and O–H groups in total. The first-order chi connectivity index (χ1) is 12.5. The van der Waals surface area contributed by atoms with Crippen LogP contribution in [0.5, 0.6) is 11.5 Å². The van der Waals surface area contributed by atoms with Gasteiger partial charge in [0.15, 0.2) is 11.5 Å². The molecule has 0 saturated heterocycles. The minimum Gasteiger partial charge on any atom is -0.504 e. The number of ether oxygens (including phenoxy) is 1. The van der Waals surface area contributed by atoms with E-state index in [9.17, 15) is 5.11 Å². The molecule has 3 rings (SSSR count). The van der Waals surface area contributed by atoms with E-state index in [-0.39, 0.29) is 11.8 Å². The Kier molecular flexibility index (Phi) is 5.81. The minimum atomic E-state index is 0.151. The molecule has 1 unspecified atom stereocenters. The molecule has 1 atom stereocenters. The first-order valence-electron chi connectivity index (χ1n) is 8.30. The van der Waals surface area contributed by atoms with Gasteiger partial charge < -0.3 is 15.2 Å². The standard InChI is InChI=1S/C20H21ClN2O2S/c1-12(22-11-14-4-9-18(25-3)17(24)10-14)19-13(2)23-20(26-19)15-5-7-16(21)8-6-15/h4-10,12,22,24H,11H2,1-3H3. The summed E-state index contributed by atoms with van der Waals surface area (Å²) >= 11 is 7.65. The topological polar surface area (TPSA) is 54.4 Å². The zero-order valence-electron chi connectivity index (χ0n) is 14.9. The highest BCUT2D eigenvalue weighted by molar-refractivity contribution is 7.15. The number of nitrogens with one attached hydrogen (secondary N) is 1. The molecule has 0 amide bonds. The van der Waals surface area contributed by atoms with E-state index in [1.54, 1.807) is 30.6 Å². The number of hydrogen-bond donors (Lipinski definition) is 2. The van der Waals surface area contributed by atoms with E-state index in [0.717, 1.165) is 26.9 Å². The second-order valence-electron chi connectivity index (χ2n) is 6.08. The molecule has 1 heterocycles. The van der Waals surface area contributed by atoms with E-state index in [4.69, 9.17) is 21.3 Å². The molecular formula is C20H21ClN2O2S. The number of rotatable bonds is 6. The monoisotopic (exact) mass is 388 g/mol. The second-order valence-corrected chi connectivity index (χ2v) is 7.55. The molecule has 0 radical (unpaired) electrons. The average molecular weight is 389 g/mol. The molecule has 0 bridgehead atoms. The smallest absolute Gasteiger partial charge is 0.160 e. The quantitative estimate of drug-likeness (QED) is 0.598. The number of halogens is 1. The Labute approximate surface area is 162 Å². The molecule has 0 aliphatic rings. The molecule has 4 nitrogen and oxygen atoms in total. The van der Waals surface area contributed by atoms with Crippen molar-refractivity contribution < 1.29 is 9.84 Å². The van der Waals surface area contributed by atoms with Crippen molar-refractivity contribution >= 4 is 22.9 Å². The van der Waals surface area contributed by atoms with Gasteiger partial charge in [-0.2, -0.15) is 0 Å². The van der Waals surface area contributed by atoms with Crippen molar-refractivity contribution in [1.29, 1.82) is 0 Å². The maximum absolute atomic E-state index is 9.90. The van der Waals surface area contributed by atoms with Crippen molar-refractivity contribution in [2.45, 2.75) is 26.4 Å². The number of thiazole rings is 1. The third kappa shape index (κ3) is 4.18. The zero-order chi connectivity index (χ0) is 18.7. The number of nitrogens with zero attached hydrogens (tertiary/aromatic N) is 1. The highest BCUT2D eigenvalue weighted by Crippen LogP contribution is 2.32. The van der Waals surface area contributed by atoms with Crippen LogP contribution in [0.4, 0.5) is 0 Å². The third-order valence-electron chi connectivity index (χ3n) is 4.17. The van der Waals surface area contributed by atoms with Crippen molar-refractivity contribution in [1.82, 2.24) is 10.3 Å². The molecule has 6 heteroatoms. The molecule has 0 spiro atoms. The normalized spacial score (nSPS) is 12.2. The fraction of sp³-hybridized carbons (Fsp3) is 0.250. The Balaban J connectivity index is 1.71. The van der Waals surface area contributed by atoms with E-state index < -0.39 is 0 Å². The van der Waals surface area contributed by atoms with Gasteiger partial charge in [-0.05, 0) is 43.7 Å². The summed E-state index contributed by atoms with van der Waals surface area (Å²) in [6, 6.07) is 13.3. The number of hydrogen-bond acceptors (Lipinski definition) is 5. The van der Waals surface area contributed by atoms with Crippen molar-refractivity contribution in [3.8, 4) is 22.1 Å². The fourth-order valence-corrected chi connectivity index (χ4v) is 3.96. The Morgan fingerprint density at radius 1 is 1.23 bits per heavy atom. The molecule has 0 aliphatic carbocycles. The number of methoxy groups -OCH3 is 1. The van der Waals surface area contributed by atoms with Gasteiger partial charge in [-0.25, -0.2) is 4.98 Å². The van der Waals surface area contributed by atoms with Gasteiger partial charge in [-0.15, -0.1) is 11.3 Å². The molecule has 0 saturated carbocycles. The van der Waals surface area contributed by atoms with Gasteiger partial charge in [-0.3, -0.25) is 0 Å². The van der Waals surface area contributed by atoms with Crippen LogP contribution in [0.25, 0.3) is 10.6 Å². The van der Waals surface area contributed by atoms with Gasteiger partial charge in [0.2, 0.25) is 0 Å². The van der Waals surface area contributed by atoms with Crippen molar-refractivity contribution in [2.75, 3.05) is 7.11 Å². The van der Waals surface area contributed by atoms with E-state index in [1.807, 2.05) is 37.3 Å². The maximum atomic E-state index is 9.90. The lowest BCUT2D eigenvalue weighted by molar-refractivity contribution is 0.373. The number of phenolic OH excluding ortho intramolecular Hbond substituents is 1. The van der Waals surface area contributed by atoms with Crippen LogP contribution in [0, 0.1) is 6.92 Å². The molecule has 136 valence electrons. The van der Waals surface area contributed by atoms with Crippen LogP contribution in [0.1, 0.15) is 29.1 Å². The highest BCUT2D eigenvalue weighted by Gasteiger charge is 2.15. The lowest BCUT2D eigenvalue weighted by atomic mass is 10.1. The summed E-state index contributed by atoms with van der Waals surface area (Å²) in [5.74, 6) is 0.631. The molecule has 1 aromatic heterocycles. The average Bonchev–Trinajstić information content (AvgIpc) is 3.02. The summed E-state index contributed by atoms with van der Waals surface area (Å²) in [7, 11) is 1.54. The Morgan fingerprint density at radius 3 is 2.62 bits per heavy atom. The van der Waals surface area contributed by atoms with Crippen LogP contribution < -0.4 is 10.1 Å². The molecule has 0 aliphatic heterocycles. The van der Waals surface area contributed by atoms with Crippen LogP contribution in [0.3, 0.4) is 0 Å². The number of phenols is 1. The zero-order valence-corrected chi connectivity index (χ0v) is 16.5. The Morgan fingerprint density at radius 2 is 1.96 bits per heavy atom. The van der Waals surface area contributed by atoms with E-state index in [2.05, 4.69) is 12.2 Å². The highest BCUT2D eigenvalue weighted by atomic mass is 35.5. The summed E-state index contributed by atoms with van der Waals surface area (Å²) in [6.07, 6.45) is 0. The van der Waals surface area contributed by atoms with Crippen molar-refractivity contribution in [3.05, 3.63) is 63.6 Å². The molecular weight excluding hydrogens is 368 g/mol. The van der Waals surface area contributed by atoms with E-state index >= 15 is 0 Å². The Bertz CT molecular complexity index is 893. The summed E-state index contributed by atoms with van der Waals surface area (Å²) in [5.41, 5.74) is 3.09. The number of aryl methyl sites for hydroxylation is 1. The summed E-state index contributed by atoms with van der Waals surface area (Å²) in [6.45, 7) is 4.80. The summed E-state index contributed by atoms with van der Waals surface area (Å²) in [5, 5.41) is 15.1. The SMILES string of the molecule is COc1ccc(CNC(C)c2sc(-c3ccc(Cl)cc3)nc2C)cc1O. The number of aromatic nitrogens is 1. The van der Waals surface area contributed by atoms with Gasteiger partial charge in [0.05, 0.1) is 12.8 Å². The lowest BCUT2D eigenvalue weighted by Crippen LogP contribution is -2.17. The largest absolute Gasteiger partial charge is 0.504 e. The van der Waals surface area contributed by atoms with Gasteiger partial charge in [0.25, 0.3) is 0 Å². The predicted octanol–water partition coefficient (Wildman–Crippen LogP) is 5.34. The molecule has 0 fully saturated rings. The number of aromatic hydroxyl groups is 1. The van der Waals surface area contributed by atoms with Gasteiger partial charge in [0, 0.05) is 28.0 Å². The van der Waals surface area contributed by atoms with E-state index in [0.29, 0.717) is 12.3 Å². The maximum Gasteiger partial charge on any atom is 0.160 e. The van der Waals surface area contributed by atoms with Crippen LogP contribution in [0.15, 0.2) is 42.5 Å². The van der Waals surface area contributed by atoms with Crippen molar-refractivity contribution in [2.24, 2.45) is 0 Å². The predicted molar refractivity (Wildman–Crippen MR) is 107 cm³/mol. The molecule has 26 heavy (non-hydrogen) atoms. The van der Waals surface area contributed by atoms with Crippen LogP contribution in [0.2, 0.25) is 5.02 Å².